The maximum Gasteiger partial charge on any atom is 0.337 e. The third-order valence-electron chi connectivity index (χ3n) is 4.18. The monoisotopic (exact) mass is 390 g/mol. The number of pyridine rings is 1. The quantitative estimate of drug-likeness (QED) is 0.719. The molecule has 0 radical (unpaired) electrons. The van der Waals surface area contributed by atoms with E-state index in [2.05, 4.69) is 15.0 Å². The number of carboxylic acid groups (broad SMARTS) is 1. The van der Waals surface area contributed by atoms with Crippen LogP contribution in [0.4, 0.5) is 5.82 Å². The largest absolute Gasteiger partial charge is 0.478 e. The first-order valence-corrected chi connectivity index (χ1v) is 10.5. The zero-order chi connectivity index (χ0) is 18.3. The van der Waals surface area contributed by atoms with Crippen molar-refractivity contribution in [3.63, 3.8) is 0 Å². The minimum atomic E-state index is -3.06. The Morgan fingerprint density at radius 2 is 1.96 bits per heavy atom. The topological polar surface area (TPSA) is 113 Å². The average molecular weight is 390 g/mol. The second kappa shape index (κ2) is 6.29. The fourth-order valence-electron chi connectivity index (χ4n) is 2.84. The third-order valence-corrected chi connectivity index (χ3v) is 6.66. The highest BCUT2D eigenvalue weighted by molar-refractivity contribution is 7.91. The van der Waals surface area contributed by atoms with Gasteiger partial charge in [-0.05, 0) is 12.1 Å². The van der Waals surface area contributed by atoms with Gasteiger partial charge in [0.1, 0.15) is 16.3 Å². The molecule has 1 aliphatic rings. The first-order valence-electron chi connectivity index (χ1n) is 7.84. The molecule has 0 saturated carbocycles. The van der Waals surface area contributed by atoms with Crippen molar-refractivity contribution in [2.24, 2.45) is 0 Å². The molecule has 1 fully saturated rings. The van der Waals surface area contributed by atoms with Gasteiger partial charge in [-0.3, -0.25) is 4.98 Å². The first-order chi connectivity index (χ1) is 12.4. The lowest BCUT2D eigenvalue weighted by molar-refractivity contribution is 0.0699. The lowest BCUT2D eigenvalue weighted by Gasteiger charge is -2.28. The van der Waals surface area contributed by atoms with Crippen molar-refractivity contribution < 1.29 is 18.3 Å². The van der Waals surface area contributed by atoms with Gasteiger partial charge < -0.3 is 10.0 Å². The summed E-state index contributed by atoms with van der Waals surface area (Å²) >= 11 is 1.22. The molecule has 1 saturated heterocycles. The van der Waals surface area contributed by atoms with E-state index in [1.165, 1.54) is 16.7 Å². The number of sulfone groups is 1. The predicted molar refractivity (Wildman–Crippen MR) is 98.5 cm³/mol. The van der Waals surface area contributed by atoms with Gasteiger partial charge in [-0.15, -0.1) is 11.3 Å². The highest BCUT2D eigenvalue weighted by atomic mass is 32.2. The van der Waals surface area contributed by atoms with Gasteiger partial charge in [-0.2, -0.15) is 0 Å². The zero-order valence-electron chi connectivity index (χ0n) is 13.5. The number of nitrogens with zero attached hydrogens (tertiary/aromatic N) is 4. The van der Waals surface area contributed by atoms with Crippen molar-refractivity contribution in [3.05, 3.63) is 35.3 Å². The second-order valence-electron chi connectivity index (χ2n) is 5.86. The zero-order valence-corrected chi connectivity index (χ0v) is 15.1. The van der Waals surface area contributed by atoms with Gasteiger partial charge in [0.05, 0.1) is 22.5 Å². The Hall–Kier alpha value is -2.59. The summed E-state index contributed by atoms with van der Waals surface area (Å²) in [5.74, 6) is -0.186. The van der Waals surface area contributed by atoms with E-state index in [9.17, 15) is 18.3 Å². The number of anilines is 1. The van der Waals surface area contributed by atoms with Crippen molar-refractivity contribution in [2.75, 3.05) is 29.5 Å². The molecule has 8 nitrogen and oxygen atoms in total. The van der Waals surface area contributed by atoms with Crippen LogP contribution >= 0.6 is 11.3 Å². The van der Waals surface area contributed by atoms with Crippen LogP contribution in [0.15, 0.2) is 29.8 Å². The molecule has 0 atom stereocenters. The molecule has 3 aromatic heterocycles. The number of hydrogen-bond acceptors (Lipinski definition) is 8. The van der Waals surface area contributed by atoms with Crippen LogP contribution in [0.3, 0.4) is 0 Å². The average Bonchev–Trinajstić information content (AvgIpc) is 3.06. The van der Waals surface area contributed by atoms with Crippen LogP contribution in [0.1, 0.15) is 10.4 Å². The lowest BCUT2D eigenvalue weighted by atomic mass is 10.2. The molecule has 0 aromatic carbocycles. The Balaban J connectivity index is 1.90. The summed E-state index contributed by atoms with van der Waals surface area (Å²) in [6.07, 6.45) is 1.63. The van der Waals surface area contributed by atoms with Gasteiger partial charge >= 0.3 is 5.97 Å². The van der Waals surface area contributed by atoms with Crippen molar-refractivity contribution >= 4 is 43.2 Å². The summed E-state index contributed by atoms with van der Waals surface area (Å²) in [5.41, 5.74) is 0.701. The Morgan fingerprint density at radius 1 is 1.19 bits per heavy atom. The minimum absolute atomic E-state index is 0.0178. The molecule has 0 bridgehead atoms. The van der Waals surface area contributed by atoms with Crippen LogP contribution in [0, 0.1) is 0 Å². The van der Waals surface area contributed by atoms with Crippen LogP contribution in [0.2, 0.25) is 0 Å². The molecule has 0 unspecified atom stereocenters. The molecule has 4 rings (SSSR count). The van der Waals surface area contributed by atoms with Crippen molar-refractivity contribution in [1.82, 2.24) is 15.0 Å². The normalized spacial score (nSPS) is 16.7. The lowest BCUT2D eigenvalue weighted by Crippen LogP contribution is -2.41. The van der Waals surface area contributed by atoms with Crippen molar-refractivity contribution in [1.29, 1.82) is 0 Å². The molecule has 3 aromatic rings. The molecule has 10 heteroatoms. The Bertz CT molecular complexity index is 1080. The van der Waals surface area contributed by atoms with E-state index in [1.807, 2.05) is 11.0 Å². The molecular weight excluding hydrogens is 376 g/mol. The van der Waals surface area contributed by atoms with E-state index >= 15 is 0 Å². The Kier molecular flexibility index (Phi) is 4.08. The van der Waals surface area contributed by atoms with E-state index in [1.54, 1.807) is 18.3 Å². The van der Waals surface area contributed by atoms with Crippen LogP contribution in [-0.2, 0) is 9.84 Å². The van der Waals surface area contributed by atoms with Crippen molar-refractivity contribution in [3.8, 4) is 11.5 Å². The van der Waals surface area contributed by atoms with Gasteiger partial charge in [0, 0.05) is 24.7 Å². The molecule has 0 spiro atoms. The number of aromatic nitrogens is 3. The highest BCUT2D eigenvalue weighted by Gasteiger charge is 2.27. The van der Waals surface area contributed by atoms with Crippen LogP contribution in [0.25, 0.3) is 21.7 Å². The maximum atomic E-state index is 11.7. The molecular formula is C16H14N4O4S2. The van der Waals surface area contributed by atoms with E-state index in [4.69, 9.17) is 0 Å². The standard InChI is InChI=1S/C16H14N4O4S2/c21-16(22)10-9-25-15-12(10)14(20-5-7-26(23,24)8-6-20)18-13(19-15)11-3-1-2-4-17-11/h1-4,9H,5-8H2,(H,21,22). The number of carboxylic acids is 1. The number of thiophene rings is 1. The first kappa shape index (κ1) is 16.9. The molecule has 0 aliphatic carbocycles. The SMILES string of the molecule is O=C(O)c1csc2nc(-c3ccccn3)nc(N3CCS(=O)(=O)CC3)c12. The Labute approximate surface area is 153 Å². The van der Waals surface area contributed by atoms with Gasteiger partial charge in [0.2, 0.25) is 0 Å². The number of fused-ring (bicyclic) bond motifs is 1. The summed E-state index contributed by atoms with van der Waals surface area (Å²) < 4.78 is 23.5. The summed E-state index contributed by atoms with van der Waals surface area (Å²) in [6.45, 7) is 0.538. The van der Waals surface area contributed by atoms with E-state index < -0.39 is 15.8 Å². The van der Waals surface area contributed by atoms with Crippen LogP contribution < -0.4 is 4.90 Å². The maximum absolute atomic E-state index is 11.7. The van der Waals surface area contributed by atoms with Crippen LogP contribution in [0.5, 0.6) is 0 Å². The fraction of sp³-hybridized carbons (Fsp3) is 0.250. The number of aromatic carboxylic acids is 1. The number of rotatable bonds is 3. The predicted octanol–water partition coefficient (Wildman–Crippen LogP) is 1.69. The molecule has 1 aliphatic heterocycles. The van der Waals surface area contributed by atoms with E-state index in [0.29, 0.717) is 27.6 Å². The van der Waals surface area contributed by atoms with Crippen molar-refractivity contribution in [2.45, 2.75) is 0 Å². The molecule has 0 amide bonds. The minimum Gasteiger partial charge on any atom is -0.478 e. The second-order valence-corrected chi connectivity index (χ2v) is 9.02. The smallest absolute Gasteiger partial charge is 0.337 e. The summed E-state index contributed by atoms with van der Waals surface area (Å²) in [5, 5.41) is 11.5. The molecule has 4 heterocycles. The van der Waals surface area contributed by atoms with Gasteiger partial charge in [-0.1, -0.05) is 6.07 Å². The van der Waals surface area contributed by atoms with Crippen LogP contribution in [-0.4, -0.2) is 59.0 Å². The van der Waals surface area contributed by atoms with Gasteiger partial charge in [-0.25, -0.2) is 23.2 Å². The van der Waals surface area contributed by atoms with E-state index in [-0.39, 0.29) is 30.2 Å². The van der Waals surface area contributed by atoms with Gasteiger partial charge in [0.25, 0.3) is 0 Å². The molecule has 26 heavy (non-hydrogen) atoms. The highest BCUT2D eigenvalue weighted by Crippen LogP contribution is 2.34. The summed E-state index contributed by atoms with van der Waals surface area (Å²) in [4.78, 5) is 27.2. The Morgan fingerprint density at radius 3 is 2.62 bits per heavy atom. The summed E-state index contributed by atoms with van der Waals surface area (Å²) in [7, 11) is -3.06. The van der Waals surface area contributed by atoms with E-state index in [0.717, 1.165) is 0 Å². The number of carbonyl (C=O) groups is 1. The number of hydrogen-bond donors (Lipinski definition) is 1. The van der Waals surface area contributed by atoms with Gasteiger partial charge in [0.15, 0.2) is 15.7 Å². The molecule has 1 N–H and O–H groups in total. The molecule has 134 valence electrons. The summed E-state index contributed by atoms with van der Waals surface area (Å²) in [6, 6.07) is 5.38. The fourth-order valence-corrected chi connectivity index (χ4v) is 4.95. The third kappa shape index (κ3) is 3.01.